The molecule has 0 unspecified atom stereocenters. The van der Waals surface area contributed by atoms with E-state index in [1.165, 1.54) is 0 Å². The van der Waals surface area contributed by atoms with Gasteiger partial charge in [-0.3, -0.25) is 9.59 Å². The Morgan fingerprint density at radius 3 is 1.62 bits per heavy atom. The van der Waals surface area contributed by atoms with Gasteiger partial charge in [-0.05, 0) is 25.9 Å². The van der Waals surface area contributed by atoms with Crippen molar-refractivity contribution in [2.75, 3.05) is 13.1 Å². The van der Waals surface area contributed by atoms with E-state index in [1.54, 1.807) is 0 Å². The van der Waals surface area contributed by atoms with Crippen LogP contribution in [-0.4, -0.2) is 24.9 Å². The van der Waals surface area contributed by atoms with E-state index in [0.29, 0.717) is 12.8 Å². The molecule has 0 spiro atoms. The molecule has 0 atom stereocenters. The molecular formula is C8H17N3O2. The molecule has 0 aromatic heterocycles. The standard InChI is InChI=1S/C8H17N3O2/c9-7(12)3-1-5-11-6-2-4-8(10)13/h11H,1-6H2,(H2,9,12)(H2,10,13). The minimum absolute atomic E-state index is 0.279. The van der Waals surface area contributed by atoms with Crippen LogP contribution in [0.4, 0.5) is 0 Å². The number of amides is 2. The van der Waals surface area contributed by atoms with Crippen LogP contribution in [0.1, 0.15) is 25.7 Å². The van der Waals surface area contributed by atoms with Gasteiger partial charge in [-0.25, -0.2) is 0 Å². The summed E-state index contributed by atoms with van der Waals surface area (Å²) in [4.78, 5) is 20.6. The monoisotopic (exact) mass is 187 g/mol. The molecule has 13 heavy (non-hydrogen) atoms. The smallest absolute Gasteiger partial charge is 0.217 e. The van der Waals surface area contributed by atoms with Gasteiger partial charge in [-0.15, -0.1) is 0 Å². The third-order valence-corrected chi connectivity index (χ3v) is 1.55. The Hall–Kier alpha value is -1.10. The van der Waals surface area contributed by atoms with Gasteiger partial charge in [0.2, 0.25) is 11.8 Å². The summed E-state index contributed by atoms with van der Waals surface area (Å²) in [5.41, 5.74) is 9.89. The van der Waals surface area contributed by atoms with E-state index in [2.05, 4.69) is 5.32 Å². The molecule has 0 aromatic rings. The number of rotatable bonds is 8. The van der Waals surface area contributed by atoms with Gasteiger partial charge in [-0.1, -0.05) is 0 Å². The molecule has 0 fully saturated rings. The molecule has 0 rings (SSSR count). The van der Waals surface area contributed by atoms with E-state index in [0.717, 1.165) is 25.9 Å². The number of hydrogen-bond donors (Lipinski definition) is 3. The lowest BCUT2D eigenvalue weighted by Crippen LogP contribution is -2.21. The predicted molar refractivity (Wildman–Crippen MR) is 49.7 cm³/mol. The number of carbonyl (C=O) groups excluding carboxylic acids is 2. The fraction of sp³-hybridized carbons (Fsp3) is 0.750. The summed E-state index contributed by atoms with van der Waals surface area (Å²) >= 11 is 0. The lowest BCUT2D eigenvalue weighted by atomic mass is 10.2. The van der Waals surface area contributed by atoms with Gasteiger partial charge in [0, 0.05) is 12.8 Å². The minimum Gasteiger partial charge on any atom is -0.370 e. The fourth-order valence-electron chi connectivity index (χ4n) is 0.900. The first-order valence-electron chi connectivity index (χ1n) is 4.40. The summed E-state index contributed by atoms with van der Waals surface area (Å²) in [5, 5.41) is 3.08. The number of carbonyl (C=O) groups is 2. The van der Waals surface area contributed by atoms with Crippen LogP contribution >= 0.6 is 0 Å². The molecule has 0 aromatic carbocycles. The van der Waals surface area contributed by atoms with Gasteiger partial charge >= 0.3 is 0 Å². The molecule has 0 aliphatic heterocycles. The molecule has 5 nitrogen and oxygen atoms in total. The van der Waals surface area contributed by atoms with Crippen LogP contribution in [0, 0.1) is 0 Å². The first kappa shape index (κ1) is 11.9. The Balaban J connectivity index is 3.00. The normalized spacial score (nSPS) is 9.85. The van der Waals surface area contributed by atoms with Crippen molar-refractivity contribution >= 4 is 11.8 Å². The maximum Gasteiger partial charge on any atom is 0.217 e. The largest absolute Gasteiger partial charge is 0.370 e. The Bertz CT molecular complexity index is 153. The topological polar surface area (TPSA) is 98.2 Å². The van der Waals surface area contributed by atoms with Crippen molar-refractivity contribution in [2.24, 2.45) is 11.5 Å². The van der Waals surface area contributed by atoms with Crippen LogP contribution in [-0.2, 0) is 9.59 Å². The first-order chi connectivity index (χ1) is 6.13. The van der Waals surface area contributed by atoms with Crippen LogP contribution in [0.3, 0.4) is 0 Å². The van der Waals surface area contributed by atoms with Crippen molar-refractivity contribution < 1.29 is 9.59 Å². The Kier molecular flexibility index (Phi) is 6.91. The molecule has 0 saturated heterocycles. The zero-order chi connectivity index (χ0) is 10.1. The maximum absolute atomic E-state index is 10.3. The van der Waals surface area contributed by atoms with Gasteiger partial charge in [-0.2, -0.15) is 0 Å². The third kappa shape index (κ3) is 10.9. The first-order valence-corrected chi connectivity index (χ1v) is 4.40. The highest BCUT2D eigenvalue weighted by Gasteiger charge is 1.95. The fourth-order valence-corrected chi connectivity index (χ4v) is 0.900. The molecule has 5 heteroatoms. The second kappa shape index (κ2) is 7.54. The lowest BCUT2D eigenvalue weighted by Gasteiger charge is -2.01. The lowest BCUT2D eigenvalue weighted by molar-refractivity contribution is -0.118. The Labute approximate surface area is 77.8 Å². The quantitative estimate of drug-likeness (QED) is 0.430. The molecule has 5 N–H and O–H groups in total. The molecule has 0 saturated carbocycles. The van der Waals surface area contributed by atoms with E-state index in [-0.39, 0.29) is 11.8 Å². The summed E-state index contributed by atoms with van der Waals surface area (Å²) in [6.07, 6.45) is 2.30. The molecular weight excluding hydrogens is 170 g/mol. The highest BCUT2D eigenvalue weighted by molar-refractivity contribution is 5.73. The van der Waals surface area contributed by atoms with Crippen molar-refractivity contribution in [3.8, 4) is 0 Å². The van der Waals surface area contributed by atoms with Crippen LogP contribution in [0.15, 0.2) is 0 Å². The molecule has 0 radical (unpaired) electrons. The zero-order valence-electron chi connectivity index (χ0n) is 7.71. The average Bonchev–Trinajstić information content (AvgIpc) is 2.01. The zero-order valence-corrected chi connectivity index (χ0v) is 7.71. The van der Waals surface area contributed by atoms with E-state index in [9.17, 15) is 9.59 Å². The van der Waals surface area contributed by atoms with E-state index >= 15 is 0 Å². The second-order valence-corrected chi connectivity index (χ2v) is 2.89. The highest BCUT2D eigenvalue weighted by Crippen LogP contribution is 1.87. The average molecular weight is 187 g/mol. The van der Waals surface area contributed by atoms with Crippen molar-refractivity contribution in [1.29, 1.82) is 0 Å². The van der Waals surface area contributed by atoms with Gasteiger partial charge in [0.1, 0.15) is 0 Å². The molecule has 0 bridgehead atoms. The van der Waals surface area contributed by atoms with Crippen LogP contribution in [0.5, 0.6) is 0 Å². The predicted octanol–water partition coefficient (Wildman–Crippen LogP) is -0.893. The molecule has 0 heterocycles. The summed E-state index contributed by atoms with van der Waals surface area (Å²) in [6.45, 7) is 1.50. The molecule has 0 aliphatic rings. The number of nitrogens with two attached hydrogens (primary N) is 2. The minimum atomic E-state index is -0.279. The third-order valence-electron chi connectivity index (χ3n) is 1.55. The Morgan fingerprint density at radius 2 is 1.31 bits per heavy atom. The van der Waals surface area contributed by atoms with Gasteiger partial charge < -0.3 is 16.8 Å². The molecule has 0 aliphatic carbocycles. The van der Waals surface area contributed by atoms with Gasteiger partial charge in [0.05, 0.1) is 0 Å². The van der Waals surface area contributed by atoms with Crippen molar-refractivity contribution in [1.82, 2.24) is 5.32 Å². The van der Waals surface area contributed by atoms with Crippen molar-refractivity contribution in [3.63, 3.8) is 0 Å². The van der Waals surface area contributed by atoms with E-state index < -0.39 is 0 Å². The number of nitrogens with one attached hydrogen (secondary N) is 1. The summed E-state index contributed by atoms with van der Waals surface area (Å²) in [7, 11) is 0. The van der Waals surface area contributed by atoms with Crippen molar-refractivity contribution in [2.45, 2.75) is 25.7 Å². The number of primary amides is 2. The van der Waals surface area contributed by atoms with Crippen LogP contribution < -0.4 is 16.8 Å². The maximum atomic E-state index is 10.3. The second-order valence-electron chi connectivity index (χ2n) is 2.89. The van der Waals surface area contributed by atoms with E-state index in [4.69, 9.17) is 11.5 Å². The van der Waals surface area contributed by atoms with Crippen LogP contribution in [0.25, 0.3) is 0 Å². The SMILES string of the molecule is NC(=O)CCCNCCCC(N)=O. The Morgan fingerprint density at radius 1 is 0.923 bits per heavy atom. The van der Waals surface area contributed by atoms with E-state index in [1.807, 2.05) is 0 Å². The van der Waals surface area contributed by atoms with Gasteiger partial charge in [0.25, 0.3) is 0 Å². The molecule has 2 amide bonds. The number of hydrogen-bond acceptors (Lipinski definition) is 3. The highest BCUT2D eigenvalue weighted by atomic mass is 16.1. The summed E-state index contributed by atoms with van der Waals surface area (Å²) in [5.74, 6) is -0.558. The molecule has 76 valence electrons. The van der Waals surface area contributed by atoms with Gasteiger partial charge in [0.15, 0.2) is 0 Å². The summed E-state index contributed by atoms with van der Waals surface area (Å²) < 4.78 is 0. The summed E-state index contributed by atoms with van der Waals surface area (Å²) in [6, 6.07) is 0. The van der Waals surface area contributed by atoms with Crippen molar-refractivity contribution in [3.05, 3.63) is 0 Å². The van der Waals surface area contributed by atoms with Crippen LogP contribution in [0.2, 0.25) is 0 Å².